The van der Waals surface area contributed by atoms with E-state index in [-0.39, 0.29) is 17.5 Å². The number of hydrogen-bond acceptors (Lipinski definition) is 2. The predicted molar refractivity (Wildman–Crippen MR) is 80.8 cm³/mol. The van der Waals surface area contributed by atoms with Gasteiger partial charge in [0.2, 0.25) is 0 Å². The van der Waals surface area contributed by atoms with Gasteiger partial charge in [-0.3, -0.25) is 9.59 Å². The second-order valence-corrected chi connectivity index (χ2v) is 13.0. The Labute approximate surface area is 117 Å². The van der Waals surface area contributed by atoms with Crippen molar-refractivity contribution < 1.29 is 9.59 Å². The molecule has 2 rings (SSSR count). The lowest BCUT2D eigenvalue weighted by Crippen LogP contribution is -2.45. The van der Waals surface area contributed by atoms with Crippen molar-refractivity contribution in [1.82, 2.24) is 0 Å². The highest BCUT2D eigenvalue weighted by molar-refractivity contribution is 6.76. The van der Waals surface area contributed by atoms with Gasteiger partial charge in [-0.05, 0) is 37.5 Å². The van der Waals surface area contributed by atoms with Crippen LogP contribution in [0.25, 0.3) is 0 Å². The van der Waals surface area contributed by atoms with Crippen molar-refractivity contribution in [3.8, 4) is 0 Å². The van der Waals surface area contributed by atoms with Crippen LogP contribution in [0.1, 0.15) is 26.7 Å². The Morgan fingerprint density at radius 3 is 2.53 bits per heavy atom. The highest BCUT2D eigenvalue weighted by atomic mass is 28.3. The Hall–Kier alpha value is -0.963. The molecule has 0 aliphatic heterocycles. The van der Waals surface area contributed by atoms with Gasteiger partial charge in [0.25, 0.3) is 0 Å². The van der Waals surface area contributed by atoms with Gasteiger partial charge in [0.05, 0.1) is 0 Å². The zero-order valence-electron chi connectivity index (χ0n) is 12.7. The Morgan fingerprint density at radius 1 is 1.32 bits per heavy atom. The summed E-state index contributed by atoms with van der Waals surface area (Å²) in [7, 11) is -1.16. The van der Waals surface area contributed by atoms with Crippen LogP contribution in [0.3, 0.4) is 0 Å². The smallest absolute Gasteiger partial charge is 0.163 e. The van der Waals surface area contributed by atoms with Crippen LogP contribution in [0.15, 0.2) is 23.3 Å². The molecule has 0 fully saturated rings. The second kappa shape index (κ2) is 4.55. The van der Waals surface area contributed by atoms with E-state index in [0.717, 1.165) is 18.9 Å². The molecule has 0 aromatic carbocycles. The topological polar surface area (TPSA) is 34.1 Å². The SMILES string of the molecule is CC1=CC(=O)[C@]2(C)CC=C(C[Si](C)(C)C)C[C@@H]2C1=O. The van der Waals surface area contributed by atoms with Crippen LogP contribution in [0.2, 0.25) is 25.7 Å². The molecule has 0 amide bonds. The Balaban J connectivity index is 2.30. The first kappa shape index (κ1) is 14.4. The van der Waals surface area contributed by atoms with Crippen molar-refractivity contribution in [2.45, 2.75) is 52.4 Å². The maximum atomic E-state index is 12.4. The summed E-state index contributed by atoms with van der Waals surface area (Å²) in [4.78, 5) is 24.6. The molecule has 2 aliphatic rings. The molecule has 0 unspecified atom stereocenters. The lowest BCUT2D eigenvalue weighted by Gasteiger charge is -2.41. The molecule has 0 radical (unpaired) electrons. The van der Waals surface area contributed by atoms with Gasteiger partial charge >= 0.3 is 0 Å². The number of hydrogen-bond donors (Lipinski definition) is 0. The minimum Gasteiger partial charge on any atom is -0.294 e. The third-order valence-electron chi connectivity index (χ3n) is 4.42. The first-order chi connectivity index (χ1) is 8.63. The summed E-state index contributed by atoms with van der Waals surface area (Å²) in [6.45, 7) is 10.8. The minimum absolute atomic E-state index is 0.124. The van der Waals surface area contributed by atoms with Gasteiger partial charge < -0.3 is 0 Å². The summed E-state index contributed by atoms with van der Waals surface area (Å²) in [5.41, 5.74) is 1.55. The summed E-state index contributed by atoms with van der Waals surface area (Å²) >= 11 is 0. The van der Waals surface area contributed by atoms with Crippen LogP contribution in [-0.2, 0) is 9.59 Å². The molecule has 0 N–H and O–H groups in total. The van der Waals surface area contributed by atoms with Crippen LogP contribution < -0.4 is 0 Å². The van der Waals surface area contributed by atoms with Gasteiger partial charge in [-0.25, -0.2) is 0 Å². The summed E-state index contributed by atoms with van der Waals surface area (Å²) in [6, 6.07) is 1.14. The molecule has 3 heteroatoms. The maximum absolute atomic E-state index is 12.4. The van der Waals surface area contributed by atoms with Crippen LogP contribution in [0, 0.1) is 11.3 Å². The molecule has 2 nitrogen and oxygen atoms in total. The van der Waals surface area contributed by atoms with Gasteiger partial charge in [0, 0.05) is 19.4 Å². The van der Waals surface area contributed by atoms with E-state index in [1.165, 1.54) is 5.57 Å². The Morgan fingerprint density at radius 2 is 1.95 bits per heavy atom. The molecular weight excluding hydrogens is 252 g/mol. The first-order valence-corrected chi connectivity index (χ1v) is 10.8. The summed E-state index contributed by atoms with van der Waals surface area (Å²) in [6.07, 6.45) is 5.30. The molecule has 0 bridgehead atoms. The fraction of sp³-hybridized carbons (Fsp3) is 0.625. The molecule has 0 aromatic rings. The van der Waals surface area contributed by atoms with Gasteiger partial charge in [0.15, 0.2) is 11.6 Å². The molecule has 2 atom stereocenters. The van der Waals surface area contributed by atoms with E-state index >= 15 is 0 Å². The summed E-state index contributed by atoms with van der Waals surface area (Å²) in [5.74, 6) is 0.197. The Bertz CT molecular complexity index is 493. The van der Waals surface area contributed by atoms with Gasteiger partial charge in [0.1, 0.15) is 0 Å². The van der Waals surface area contributed by atoms with Crippen LogP contribution in [0.4, 0.5) is 0 Å². The van der Waals surface area contributed by atoms with E-state index in [1.807, 2.05) is 6.92 Å². The van der Waals surface area contributed by atoms with E-state index in [1.54, 1.807) is 13.0 Å². The third kappa shape index (κ3) is 2.66. The van der Waals surface area contributed by atoms with Gasteiger partial charge in [-0.2, -0.15) is 0 Å². The van der Waals surface area contributed by atoms with Crippen molar-refractivity contribution in [2.24, 2.45) is 11.3 Å². The molecule has 104 valence electrons. The van der Waals surface area contributed by atoms with Crippen molar-refractivity contribution in [3.05, 3.63) is 23.3 Å². The molecule has 0 spiro atoms. The quantitative estimate of drug-likeness (QED) is 0.568. The summed E-state index contributed by atoms with van der Waals surface area (Å²) < 4.78 is 0. The average molecular weight is 276 g/mol. The summed E-state index contributed by atoms with van der Waals surface area (Å²) in [5, 5.41) is 0. The number of fused-ring (bicyclic) bond motifs is 1. The normalized spacial score (nSPS) is 31.7. The van der Waals surface area contributed by atoms with E-state index in [9.17, 15) is 9.59 Å². The molecule has 2 aliphatic carbocycles. The number of rotatable bonds is 2. The number of ketones is 2. The zero-order chi connectivity index (χ0) is 14.4. The third-order valence-corrected chi connectivity index (χ3v) is 5.94. The minimum atomic E-state index is -1.16. The molecule has 0 aromatic heterocycles. The highest BCUT2D eigenvalue weighted by Crippen LogP contribution is 2.46. The fourth-order valence-electron chi connectivity index (χ4n) is 3.26. The first-order valence-electron chi connectivity index (χ1n) is 7.08. The van der Waals surface area contributed by atoms with Crippen molar-refractivity contribution in [3.63, 3.8) is 0 Å². The van der Waals surface area contributed by atoms with Gasteiger partial charge in [-0.15, -0.1) is 0 Å². The molecule has 0 heterocycles. The Kier molecular flexibility index (Phi) is 3.46. The van der Waals surface area contributed by atoms with Crippen molar-refractivity contribution in [1.29, 1.82) is 0 Å². The second-order valence-electron chi connectivity index (χ2n) is 7.53. The number of allylic oxidation sites excluding steroid dienone is 4. The molecular formula is C16H24O2Si. The van der Waals surface area contributed by atoms with E-state index < -0.39 is 13.5 Å². The van der Waals surface area contributed by atoms with E-state index in [4.69, 9.17) is 0 Å². The molecule has 19 heavy (non-hydrogen) atoms. The lowest BCUT2D eigenvalue weighted by molar-refractivity contribution is -0.136. The van der Waals surface area contributed by atoms with Gasteiger partial charge in [-0.1, -0.05) is 38.2 Å². The monoisotopic (exact) mass is 276 g/mol. The van der Waals surface area contributed by atoms with Crippen LogP contribution in [0.5, 0.6) is 0 Å². The lowest BCUT2D eigenvalue weighted by atomic mass is 9.61. The van der Waals surface area contributed by atoms with Crippen molar-refractivity contribution in [2.75, 3.05) is 0 Å². The number of Topliss-reactive ketones (excluding diaryl/α,β-unsaturated/α-hetero) is 1. The number of carbonyl (C=O) groups excluding carboxylic acids is 2. The van der Waals surface area contributed by atoms with Crippen LogP contribution >= 0.6 is 0 Å². The molecule has 0 saturated heterocycles. The van der Waals surface area contributed by atoms with E-state index in [0.29, 0.717) is 5.57 Å². The van der Waals surface area contributed by atoms with Crippen LogP contribution in [-0.4, -0.2) is 19.6 Å². The zero-order valence-corrected chi connectivity index (χ0v) is 13.7. The van der Waals surface area contributed by atoms with E-state index in [2.05, 4.69) is 25.7 Å². The average Bonchev–Trinajstić information content (AvgIpc) is 2.27. The predicted octanol–water partition coefficient (Wildman–Crippen LogP) is 3.77. The maximum Gasteiger partial charge on any atom is 0.163 e. The largest absolute Gasteiger partial charge is 0.294 e. The highest BCUT2D eigenvalue weighted by Gasteiger charge is 2.48. The van der Waals surface area contributed by atoms with Crippen molar-refractivity contribution >= 4 is 19.6 Å². The standard InChI is InChI=1S/C16H24O2Si/c1-11-8-14(17)16(2)7-6-12(10-19(3,4)5)9-13(16)15(11)18/h6,8,13H,7,9-10H2,1-5H3/t13-,16-/m1/s1. The molecule has 0 saturated carbocycles. The fourth-order valence-corrected chi connectivity index (χ4v) is 4.91. The number of carbonyl (C=O) groups is 2.